The Labute approximate surface area is 136 Å². The molecule has 4 rings (SSSR count). The first kappa shape index (κ1) is 15.3. The van der Waals surface area contributed by atoms with Crippen LogP contribution in [0.5, 0.6) is 0 Å². The predicted octanol–water partition coefficient (Wildman–Crippen LogP) is 1.37. The molecule has 4 atom stereocenters. The average Bonchev–Trinajstić information content (AvgIpc) is 3.10. The molecule has 4 unspecified atom stereocenters. The number of halogens is 1. The molecule has 6 heteroatoms. The Bertz CT molecular complexity index is 603. The van der Waals surface area contributed by atoms with Crippen LogP contribution in [0.2, 0.25) is 0 Å². The Morgan fingerprint density at radius 1 is 1.30 bits per heavy atom. The lowest BCUT2D eigenvalue weighted by Gasteiger charge is -2.45. The molecule has 1 aromatic carbocycles. The van der Waals surface area contributed by atoms with Gasteiger partial charge in [0.15, 0.2) is 0 Å². The van der Waals surface area contributed by atoms with Gasteiger partial charge in [0.25, 0.3) is 0 Å². The standard InChI is InChI=1S/C17H25FN4O/c1-17(2,23)13-4-3-7-22(13)16-14-11-6-5-10(18)8-12(11)21-15(14)19-9-20-16/h5-6,8,13-16,19-21,23H,3-4,7,9H2,1-2H3. The average molecular weight is 320 g/mol. The second-order valence-corrected chi connectivity index (χ2v) is 7.46. The molecule has 4 N–H and O–H groups in total. The summed E-state index contributed by atoms with van der Waals surface area (Å²) < 4.78 is 13.5. The highest BCUT2D eigenvalue weighted by atomic mass is 19.1. The van der Waals surface area contributed by atoms with E-state index in [0.29, 0.717) is 6.67 Å². The molecule has 1 aromatic rings. The number of likely N-dealkylation sites (tertiary alicyclic amines) is 1. The number of aliphatic hydroxyl groups is 1. The topological polar surface area (TPSA) is 59.6 Å². The van der Waals surface area contributed by atoms with Crippen molar-refractivity contribution in [3.63, 3.8) is 0 Å². The minimum Gasteiger partial charge on any atom is -0.389 e. The zero-order chi connectivity index (χ0) is 16.2. The van der Waals surface area contributed by atoms with Gasteiger partial charge in [-0.2, -0.15) is 0 Å². The van der Waals surface area contributed by atoms with Gasteiger partial charge in [-0.1, -0.05) is 6.07 Å². The third-order valence-electron chi connectivity index (χ3n) is 5.48. The van der Waals surface area contributed by atoms with Crippen LogP contribution < -0.4 is 16.0 Å². The molecule has 3 aliphatic rings. The predicted molar refractivity (Wildman–Crippen MR) is 87.5 cm³/mol. The van der Waals surface area contributed by atoms with Crippen LogP contribution in [0.3, 0.4) is 0 Å². The lowest BCUT2D eigenvalue weighted by atomic mass is 9.90. The monoisotopic (exact) mass is 320 g/mol. The zero-order valence-electron chi connectivity index (χ0n) is 13.6. The smallest absolute Gasteiger partial charge is 0.125 e. The number of anilines is 1. The first-order valence-electron chi connectivity index (χ1n) is 8.46. The van der Waals surface area contributed by atoms with Crippen LogP contribution in [0.25, 0.3) is 0 Å². The Hall–Kier alpha value is -1.21. The molecule has 5 nitrogen and oxygen atoms in total. The second kappa shape index (κ2) is 5.41. The highest BCUT2D eigenvalue weighted by molar-refractivity contribution is 5.60. The maximum Gasteiger partial charge on any atom is 0.125 e. The Kier molecular flexibility index (Phi) is 3.61. The van der Waals surface area contributed by atoms with Gasteiger partial charge in [-0.3, -0.25) is 15.5 Å². The summed E-state index contributed by atoms with van der Waals surface area (Å²) in [5, 5.41) is 20.9. The highest BCUT2D eigenvalue weighted by Crippen LogP contribution is 2.42. The number of nitrogens with one attached hydrogen (secondary N) is 3. The van der Waals surface area contributed by atoms with Crippen molar-refractivity contribution in [1.82, 2.24) is 15.5 Å². The van der Waals surface area contributed by atoms with E-state index in [1.165, 1.54) is 6.07 Å². The van der Waals surface area contributed by atoms with Gasteiger partial charge in [0.1, 0.15) is 5.82 Å². The van der Waals surface area contributed by atoms with E-state index < -0.39 is 5.60 Å². The number of nitrogens with zero attached hydrogens (tertiary/aromatic N) is 1. The molecule has 126 valence electrons. The normalized spacial score (nSPS) is 34.1. The molecule has 0 saturated carbocycles. The minimum atomic E-state index is -0.726. The van der Waals surface area contributed by atoms with E-state index in [2.05, 4.69) is 20.9 Å². The van der Waals surface area contributed by atoms with E-state index in [-0.39, 0.29) is 30.1 Å². The quantitative estimate of drug-likeness (QED) is 0.663. The zero-order valence-corrected chi connectivity index (χ0v) is 13.6. The lowest BCUT2D eigenvalue weighted by Crippen LogP contribution is -2.65. The largest absolute Gasteiger partial charge is 0.389 e. The maximum absolute atomic E-state index is 13.5. The molecule has 23 heavy (non-hydrogen) atoms. The van der Waals surface area contributed by atoms with Gasteiger partial charge in [0.05, 0.1) is 17.9 Å². The third kappa shape index (κ3) is 2.54. The van der Waals surface area contributed by atoms with Crippen LogP contribution in [0, 0.1) is 5.82 Å². The van der Waals surface area contributed by atoms with Crippen LogP contribution in [-0.4, -0.2) is 47.2 Å². The van der Waals surface area contributed by atoms with E-state index in [4.69, 9.17) is 0 Å². The van der Waals surface area contributed by atoms with Gasteiger partial charge in [0, 0.05) is 30.9 Å². The van der Waals surface area contributed by atoms with E-state index in [0.717, 1.165) is 30.6 Å². The van der Waals surface area contributed by atoms with Crippen molar-refractivity contribution < 1.29 is 9.50 Å². The molecule has 0 aromatic heterocycles. The molecule has 2 fully saturated rings. The lowest BCUT2D eigenvalue weighted by molar-refractivity contribution is -0.0332. The fraction of sp³-hybridized carbons (Fsp3) is 0.647. The summed E-state index contributed by atoms with van der Waals surface area (Å²) >= 11 is 0. The van der Waals surface area contributed by atoms with Crippen molar-refractivity contribution in [2.75, 3.05) is 18.5 Å². The van der Waals surface area contributed by atoms with E-state index >= 15 is 0 Å². The van der Waals surface area contributed by atoms with Crippen molar-refractivity contribution in [3.8, 4) is 0 Å². The summed E-state index contributed by atoms with van der Waals surface area (Å²) in [4.78, 5) is 2.40. The van der Waals surface area contributed by atoms with Crippen LogP contribution in [0.15, 0.2) is 18.2 Å². The third-order valence-corrected chi connectivity index (χ3v) is 5.48. The van der Waals surface area contributed by atoms with E-state index in [1.54, 1.807) is 6.07 Å². The summed E-state index contributed by atoms with van der Waals surface area (Å²) in [7, 11) is 0. The van der Waals surface area contributed by atoms with Crippen LogP contribution in [0.1, 0.15) is 38.2 Å². The summed E-state index contributed by atoms with van der Waals surface area (Å²) in [5.41, 5.74) is 1.29. The molecule has 3 aliphatic heterocycles. The molecule has 0 radical (unpaired) electrons. The summed E-state index contributed by atoms with van der Waals surface area (Å²) in [5.74, 6) is -0.0164. The van der Waals surface area contributed by atoms with Gasteiger partial charge in [0.2, 0.25) is 0 Å². The molecule has 3 heterocycles. The first-order chi connectivity index (χ1) is 10.9. The van der Waals surface area contributed by atoms with E-state index in [9.17, 15) is 9.50 Å². The van der Waals surface area contributed by atoms with Crippen molar-refractivity contribution >= 4 is 5.69 Å². The summed E-state index contributed by atoms with van der Waals surface area (Å²) in [6.07, 6.45) is 2.35. The van der Waals surface area contributed by atoms with E-state index in [1.807, 2.05) is 19.9 Å². The van der Waals surface area contributed by atoms with Gasteiger partial charge >= 0.3 is 0 Å². The molecule has 0 amide bonds. The maximum atomic E-state index is 13.5. The van der Waals surface area contributed by atoms with Crippen LogP contribution in [0.4, 0.5) is 10.1 Å². The Morgan fingerprint density at radius 3 is 2.91 bits per heavy atom. The van der Waals surface area contributed by atoms with Crippen LogP contribution in [-0.2, 0) is 0 Å². The number of benzene rings is 1. The minimum absolute atomic E-state index is 0.0982. The Morgan fingerprint density at radius 2 is 2.13 bits per heavy atom. The summed E-state index contributed by atoms with van der Waals surface area (Å²) in [6.45, 7) is 5.46. The van der Waals surface area contributed by atoms with Crippen molar-refractivity contribution in [1.29, 1.82) is 0 Å². The molecule has 0 spiro atoms. The van der Waals surface area contributed by atoms with Gasteiger partial charge in [-0.25, -0.2) is 4.39 Å². The fourth-order valence-corrected chi connectivity index (χ4v) is 4.52. The van der Waals surface area contributed by atoms with Gasteiger partial charge < -0.3 is 10.4 Å². The fourth-order valence-electron chi connectivity index (χ4n) is 4.52. The van der Waals surface area contributed by atoms with Crippen LogP contribution >= 0.6 is 0 Å². The number of hydrogen-bond acceptors (Lipinski definition) is 5. The summed E-state index contributed by atoms with van der Waals surface area (Å²) in [6, 6.07) is 5.14. The number of fused-ring (bicyclic) bond motifs is 3. The molecule has 0 aliphatic carbocycles. The SMILES string of the molecule is CC(C)(O)C1CCCN1C1NCNC2Nc3cc(F)ccc3C21. The number of rotatable bonds is 2. The van der Waals surface area contributed by atoms with Crippen molar-refractivity contribution in [3.05, 3.63) is 29.6 Å². The second-order valence-electron chi connectivity index (χ2n) is 7.46. The first-order valence-corrected chi connectivity index (χ1v) is 8.46. The molecule has 2 saturated heterocycles. The molecule has 0 bridgehead atoms. The Balaban J connectivity index is 1.67. The molecular weight excluding hydrogens is 295 g/mol. The highest BCUT2D eigenvalue weighted by Gasteiger charge is 2.47. The molecular formula is C17H25FN4O. The van der Waals surface area contributed by atoms with Gasteiger partial charge in [-0.15, -0.1) is 0 Å². The van der Waals surface area contributed by atoms with Crippen molar-refractivity contribution in [2.24, 2.45) is 0 Å². The van der Waals surface area contributed by atoms with Crippen molar-refractivity contribution in [2.45, 2.75) is 56.6 Å². The van der Waals surface area contributed by atoms with Gasteiger partial charge in [-0.05, 0) is 44.4 Å². The number of hydrogen-bond donors (Lipinski definition) is 4.